The number of ether oxygens (including phenoxy) is 3. The Morgan fingerprint density at radius 2 is 2.12 bits per heavy atom. The van der Waals surface area contributed by atoms with Gasteiger partial charge in [0, 0.05) is 19.4 Å². The summed E-state index contributed by atoms with van der Waals surface area (Å²) in [6.45, 7) is 2.33. The van der Waals surface area contributed by atoms with Crippen LogP contribution in [0.15, 0.2) is 18.2 Å². The SMILES string of the molecule is CC(=O)O[C@H]1CC[C@@]2(CCCN2C(=O)CCl)[C@H]1c1ccc2c(c1)OCO2. The lowest BCUT2D eigenvalue weighted by Gasteiger charge is -2.41. The van der Waals surface area contributed by atoms with Crippen molar-refractivity contribution in [1.82, 2.24) is 4.90 Å². The number of nitrogens with zero attached hydrogens (tertiary/aromatic N) is 1. The summed E-state index contributed by atoms with van der Waals surface area (Å²) in [5.41, 5.74) is 0.645. The highest BCUT2D eigenvalue weighted by Gasteiger charge is 2.57. The first-order chi connectivity index (χ1) is 12.5. The predicted octanol–water partition coefficient (Wildman–Crippen LogP) is 2.82. The molecule has 1 spiro atoms. The minimum absolute atomic E-state index is 0.0339. The summed E-state index contributed by atoms with van der Waals surface area (Å²) in [5.74, 6) is 0.914. The zero-order valence-corrected chi connectivity index (χ0v) is 15.5. The third-order valence-corrected chi connectivity index (χ3v) is 6.06. The molecular formula is C19H22ClNO5. The van der Waals surface area contributed by atoms with Gasteiger partial charge in [-0.05, 0) is 43.4 Å². The van der Waals surface area contributed by atoms with E-state index in [0.29, 0.717) is 18.0 Å². The van der Waals surface area contributed by atoms with E-state index in [1.165, 1.54) is 6.92 Å². The number of carbonyl (C=O) groups excluding carboxylic acids is 2. The molecule has 1 saturated carbocycles. The van der Waals surface area contributed by atoms with Crippen molar-refractivity contribution < 1.29 is 23.8 Å². The number of benzene rings is 1. The standard InChI is InChI=1S/C19H22ClNO5/c1-12(22)26-15-5-7-19(6-2-8-21(19)17(23)10-20)18(15)13-3-4-14-16(9-13)25-11-24-14/h3-4,9,15,18H,2,5-8,10-11H2,1H3/t15-,18-,19-/m0/s1. The summed E-state index contributed by atoms with van der Waals surface area (Å²) < 4.78 is 16.6. The highest BCUT2D eigenvalue weighted by molar-refractivity contribution is 6.27. The Labute approximate surface area is 157 Å². The van der Waals surface area contributed by atoms with Gasteiger partial charge in [-0.25, -0.2) is 0 Å². The first-order valence-electron chi connectivity index (χ1n) is 8.98. The van der Waals surface area contributed by atoms with Crippen LogP contribution in [-0.2, 0) is 14.3 Å². The predicted molar refractivity (Wildman–Crippen MR) is 94.5 cm³/mol. The van der Waals surface area contributed by atoms with Gasteiger partial charge in [-0.15, -0.1) is 11.6 Å². The topological polar surface area (TPSA) is 65.1 Å². The molecule has 6 nitrogen and oxygen atoms in total. The van der Waals surface area contributed by atoms with Crippen molar-refractivity contribution in [3.8, 4) is 11.5 Å². The van der Waals surface area contributed by atoms with E-state index in [1.807, 2.05) is 23.1 Å². The van der Waals surface area contributed by atoms with E-state index >= 15 is 0 Å². The Morgan fingerprint density at radius 1 is 1.31 bits per heavy atom. The summed E-state index contributed by atoms with van der Waals surface area (Å²) >= 11 is 5.87. The second kappa shape index (κ2) is 6.65. The molecule has 2 fully saturated rings. The molecule has 3 aliphatic rings. The molecule has 1 aromatic rings. The van der Waals surface area contributed by atoms with E-state index in [0.717, 1.165) is 31.2 Å². The maximum absolute atomic E-state index is 12.5. The summed E-state index contributed by atoms with van der Waals surface area (Å²) in [7, 11) is 0. The fraction of sp³-hybridized carbons (Fsp3) is 0.579. The fourth-order valence-corrected chi connectivity index (χ4v) is 5.11. The van der Waals surface area contributed by atoms with Gasteiger partial charge in [-0.3, -0.25) is 9.59 Å². The van der Waals surface area contributed by atoms with E-state index < -0.39 is 0 Å². The number of halogens is 1. The molecule has 140 valence electrons. The lowest BCUT2D eigenvalue weighted by Crippen LogP contribution is -2.51. The second-order valence-corrected chi connectivity index (χ2v) is 7.43. The average molecular weight is 380 g/mol. The van der Waals surface area contributed by atoms with E-state index in [2.05, 4.69) is 0 Å². The van der Waals surface area contributed by atoms with Crippen LogP contribution in [0, 0.1) is 0 Å². The Bertz CT molecular complexity index is 739. The molecular weight excluding hydrogens is 358 g/mol. The molecule has 2 heterocycles. The molecule has 26 heavy (non-hydrogen) atoms. The normalized spacial score (nSPS) is 29.4. The molecule has 3 atom stereocenters. The molecule has 2 aliphatic heterocycles. The van der Waals surface area contributed by atoms with Crippen LogP contribution < -0.4 is 9.47 Å². The number of likely N-dealkylation sites (tertiary alicyclic amines) is 1. The lowest BCUT2D eigenvalue weighted by atomic mass is 9.78. The molecule has 0 aromatic heterocycles. The molecule has 0 radical (unpaired) electrons. The molecule has 1 aliphatic carbocycles. The Morgan fingerprint density at radius 3 is 2.88 bits per heavy atom. The van der Waals surface area contributed by atoms with Gasteiger partial charge in [0.1, 0.15) is 12.0 Å². The second-order valence-electron chi connectivity index (χ2n) is 7.16. The van der Waals surface area contributed by atoms with Crippen LogP contribution in [0.3, 0.4) is 0 Å². The zero-order chi connectivity index (χ0) is 18.3. The molecule has 0 unspecified atom stereocenters. The van der Waals surface area contributed by atoms with Gasteiger partial charge in [0.2, 0.25) is 12.7 Å². The maximum Gasteiger partial charge on any atom is 0.302 e. The summed E-state index contributed by atoms with van der Waals surface area (Å²) in [6.07, 6.45) is 3.07. The van der Waals surface area contributed by atoms with E-state index in [1.54, 1.807) is 0 Å². The van der Waals surface area contributed by atoms with Crippen molar-refractivity contribution in [2.75, 3.05) is 19.2 Å². The number of amides is 1. The number of hydrogen-bond acceptors (Lipinski definition) is 5. The van der Waals surface area contributed by atoms with E-state index in [9.17, 15) is 9.59 Å². The van der Waals surface area contributed by atoms with Crippen LogP contribution in [0.4, 0.5) is 0 Å². The van der Waals surface area contributed by atoms with Gasteiger partial charge in [0.15, 0.2) is 11.5 Å². The van der Waals surface area contributed by atoms with Gasteiger partial charge in [-0.1, -0.05) is 6.07 Å². The molecule has 0 bridgehead atoms. The Hall–Kier alpha value is -1.95. The third kappa shape index (κ3) is 2.71. The van der Waals surface area contributed by atoms with Crippen LogP contribution in [0.2, 0.25) is 0 Å². The first-order valence-corrected chi connectivity index (χ1v) is 9.52. The number of esters is 1. The van der Waals surface area contributed by atoms with Crippen molar-refractivity contribution in [2.45, 2.75) is 50.2 Å². The monoisotopic (exact) mass is 379 g/mol. The van der Waals surface area contributed by atoms with Crippen molar-refractivity contribution >= 4 is 23.5 Å². The minimum Gasteiger partial charge on any atom is -0.462 e. The van der Waals surface area contributed by atoms with Crippen LogP contribution in [0.5, 0.6) is 11.5 Å². The Kier molecular flexibility index (Phi) is 4.47. The Balaban J connectivity index is 1.76. The number of rotatable bonds is 3. The largest absolute Gasteiger partial charge is 0.462 e. The van der Waals surface area contributed by atoms with Gasteiger partial charge < -0.3 is 19.1 Å². The van der Waals surface area contributed by atoms with Crippen molar-refractivity contribution in [3.63, 3.8) is 0 Å². The summed E-state index contributed by atoms with van der Waals surface area (Å²) in [5, 5.41) is 0. The van der Waals surface area contributed by atoms with Gasteiger partial charge in [0.25, 0.3) is 0 Å². The average Bonchev–Trinajstić information content (AvgIpc) is 3.33. The summed E-state index contributed by atoms with van der Waals surface area (Å²) in [4.78, 5) is 26.1. The summed E-state index contributed by atoms with van der Waals surface area (Å²) in [6, 6.07) is 5.83. The number of alkyl halides is 1. The number of carbonyl (C=O) groups is 2. The molecule has 1 amide bonds. The minimum atomic E-state index is -0.361. The number of fused-ring (bicyclic) bond motifs is 1. The van der Waals surface area contributed by atoms with Crippen LogP contribution in [0.25, 0.3) is 0 Å². The molecule has 0 N–H and O–H groups in total. The number of hydrogen-bond donors (Lipinski definition) is 0. The molecule has 1 aromatic carbocycles. The van der Waals surface area contributed by atoms with Gasteiger partial charge in [0.05, 0.1) is 5.54 Å². The van der Waals surface area contributed by atoms with Gasteiger partial charge >= 0.3 is 5.97 Å². The zero-order valence-electron chi connectivity index (χ0n) is 14.7. The van der Waals surface area contributed by atoms with E-state index in [-0.39, 0.29) is 42.1 Å². The molecule has 4 rings (SSSR count). The smallest absolute Gasteiger partial charge is 0.302 e. The highest BCUT2D eigenvalue weighted by Crippen LogP contribution is 2.54. The van der Waals surface area contributed by atoms with Gasteiger partial charge in [-0.2, -0.15) is 0 Å². The quantitative estimate of drug-likeness (QED) is 0.597. The van der Waals surface area contributed by atoms with Crippen molar-refractivity contribution in [1.29, 1.82) is 0 Å². The van der Waals surface area contributed by atoms with Crippen molar-refractivity contribution in [2.24, 2.45) is 0 Å². The first kappa shape index (κ1) is 17.5. The lowest BCUT2D eigenvalue weighted by molar-refractivity contribution is -0.147. The van der Waals surface area contributed by atoms with Crippen LogP contribution in [0.1, 0.15) is 44.1 Å². The van der Waals surface area contributed by atoms with Crippen molar-refractivity contribution in [3.05, 3.63) is 23.8 Å². The molecule has 7 heteroatoms. The van der Waals surface area contributed by atoms with Crippen LogP contribution in [-0.4, -0.2) is 47.6 Å². The molecule has 1 saturated heterocycles. The fourth-order valence-electron chi connectivity index (χ4n) is 4.96. The maximum atomic E-state index is 12.5. The van der Waals surface area contributed by atoms with E-state index in [4.69, 9.17) is 25.8 Å². The highest BCUT2D eigenvalue weighted by atomic mass is 35.5. The van der Waals surface area contributed by atoms with Crippen LogP contribution >= 0.6 is 11.6 Å². The third-order valence-electron chi connectivity index (χ3n) is 5.83.